The molecular weight excluding hydrogens is 347 g/mol. The van der Waals surface area contributed by atoms with Crippen LogP contribution in [0.2, 0.25) is 10.0 Å². The summed E-state index contributed by atoms with van der Waals surface area (Å²) in [4.78, 5) is -0.288. The number of halogens is 2. The highest BCUT2D eigenvalue weighted by Crippen LogP contribution is 2.33. The van der Waals surface area contributed by atoms with Crippen molar-refractivity contribution in [2.24, 2.45) is 5.14 Å². The first-order valence-corrected chi connectivity index (χ1v) is 9.54. The van der Waals surface area contributed by atoms with E-state index in [4.69, 9.17) is 28.3 Å². The molecule has 0 aliphatic rings. The number of nitrogens with one attached hydrogen (secondary N) is 1. The fraction of sp³-hybridized carbons (Fsp3) is 0.400. The van der Waals surface area contributed by atoms with Gasteiger partial charge in [-0.05, 0) is 18.6 Å². The molecule has 1 aromatic carbocycles. The lowest BCUT2D eigenvalue weighted by molar-refractivity contribution is 0.596. The Morgan fingerprint density at radius 2 is 1.65 bits per heavy atom. The molecule has 3 N–H and O–H groups in total. The molecule has 10 heteroatoms. The second-order valence-corrected chi connectivity index (χ2v) is 8.30. The van der Waals surface area contributed by atoms with Crippen LogP contribution < -0.4 is 9.86 Å². The number of primary sulfonamides is 1. The topological polar surface area (TPSA) is 106 Å². The lowest BCUT2D eigenvalue weighted by atomic mass is 10.3. The number of unbranched alkanes of at least 4 members (excludes halogenated alkanes) is 1. The van der Waals surface area contributed by atoms with Crippen molar-refractivity contribution in [3.63, 3.8) is 0 Å². The lowest BCUT2D eigenvalue weighted by Crippen LogP contribution is -2.18. The molecule has 0 radical (unpaired) electrons. The molecule has 1 aromatic rings. The van der Waals surface area contributed by atoms with Crippen molar-refractivity contribution < 1.29 is 16.8 Å². The number of anilines is 1. The zero-order valence-electron chi connectivity index (χ0n) is 10.6. The van der Waals surface area contributed by atoms with E-state index in [1.807, 2.05) is 6.92 Å². The average molecular weight is 361 g/mol. The Labute approximate surface area is 128 Å². The van der Waals surface area contributed by atoms with E-state index in [-0.39, 0.29) is 26.4 Å². The standard InChI is InChI=1S/C10H14Cl2N2O4S2/c1-2-3-4-19(15,16)14-10-8(11)5-7(6-9(10)12)20(13,17)18/h5-6,14H,2-4H2,1H3,(H2,13,17,18). The van der Waals surface area contributed by atoms with Gasteiger partial charge in [-0.15, -0.1) is 0 Å². The maximum absolute atomic E-state index is 11.8. The van der Waals surface area contributed by atoms with E-state index in [2.05, 4.69) is 4.72 Å². The van der Waals surface area contributed by atoms with Gasteiger partial charge in [0.05, 0.1) is 26.4 Å². The molecule has 0 atom stereocenters. The van der Waals surface area contributed by atoms with Crippen molar-refractivity contribution >= 4 is 48.9 Å². The van der Waals surface area contributed by atoms with Gasteiger partial charge in [0.2, 0.25) is 20.0 Å². The first-order chi connectivity index (χ1) is 9.07. The zero-order chi connectivity index (χ0) is 15.6. The van der Waals surface area contributed by atoms with E-state index >= 15 is 0 Å². The van der Waals surface area contributed by atoms with Crippen LogP contribution in [0.1, 0.15) is 19.8 Å². The van der Waals surface area contributed by atoms with Crippen LogP contribution in [0.5, 0.6) is 0 Å². The van der Waals surface area contributed by atoms with Crippen LogP contribution in [0.25, 0.3) is 0 Å². The first-order valence-electron chi connectivity index (χ1n) is 5.59. The molecule has 0 aliphatic carbocycles. The van der Waals surface area contributed by atoms with E-state index in [1.54, 1.807) is 0 Å². The van der Waals surface area contributed by atoms with Crippen LogP contribution in [0.4, 0.5) is 5.69 Å². The second-order valence-electron chi connectivity index (χ2n) is 4.08. The highest BCUT2D eigenvalue weighted by Gasteiger charge is 2.18. The second kappa shape index (κ2) is 6.48. The Morgan fingerprint density at radius 1 is 1.15 bits per heavy atom. The van der Waals surface area contributed by atoms with Gasteiger partial charge in [0, 0.05) is 0 Å². The maximum atomic E-state index is 11.8. The molecule has 0 aromatic heterocycles. The van der Waals surface area contributed by atoms with Gasteiger partial charge in [0.15, 0.2) is 0 Å². The normalized spacial score (nSPS) is 12.4. The number of benzene rings is 1. The Kier molecular flexibility index (Phi) is 5.68. The smallest absolute Gasteiger partial charge is 0.238 e. The monoisotopic (exact) mass is 360 g/mol. The van der Waals surface area contributed by atoms with Gasteiger partial charge in [-0.1, -0.05) is 36.5 Å². The third-order valence-corrected chi connectivity index (χ3v) is 5.20. The lowest BCUT2D eigenvalue weighted by Gasteiger charge is -2.12. The summed E-state index contributed by atoms with van der Waals surface area (Å²) in [7, 11) is -7.56. The quantitative estimate of drug-likeness (QED) is 0.810. The van der Waals surface area contributed by atoms with Crippen molar-refractivity contribution in [1.82, 2.24) is 0 Å². The summed E-state index contributed by atoms with van der Waals surface area (Å²) >= 11 is 11.7. The van der Waals surface area contributed by atoms with Gasteiger partial charge in [0.25, 0.3) is 0 Å². The van der Waals surface area contributed by atoms with Crippen molar-refractivity contribution in [2.75, 3.05) is 10.5 Å². The number of nitrogens with two attached hydrogens (primary N) is 1. The summed E-state index contributed by atoms with van der Waals surface area (Å²) in [5, 5.41) is 4.68. The number of hydrogen-bond acceptors (Lipinski definition) is 4. The molecule has 0 fully saturated rings. The van der Waals surface area contributed by atoms with Crippen molar-refractivity contribution in [3.05, 3.63) is 22.2 Å². The molecule has 0 saturated carbocycles. The van der Waals surface area contributed by atoms with Gasteiger partial charge in [-0.25, -0.2) is 22.0 Å². The average Bonchev–Trinajstić information content (AvgIpc) is 2.30. The Bertz CT molecular complexity index is 679. The number of rotatable bonds is 6. The van der Waals surface area contributed by atoms with Crippen LogP contribution in [-0.2, 0) is 20.0 Å². The van der Waals surface area contributed by atoms with Gasteiger partial charge >= 0.3 is 0 Å². The molecule has 0 spiro atoms. The van der Waals surface area contributed by atoms with Gasteiger partial charge in [-0.2, -0.15) is 0 Å². The van der Waals surface area contributed by atoms with Gasteiger partial charge < -0.3 is 0 Å². The minimum atomic E-state index is -3.97. The van der Waals surface area contributed by atoms with E-state index in [9.17, 15) is 16.8 Å². The van der Waals surface area contributed by atoms with E-state index < -0.39 is 20.0 Å². The zero-order valence-corrected chi connectivity index (χ0v) is 13.7. The van der Waals surface area contributed by atoms with E-state index in [0.717, 1.165) is 12.1 Å². The minimum absolute atomic E-state index is 0.0585. The molecule has 0 saturated heterocycles. The van der Waals surface area contributed by atoms with Gasteiger partial charge in [-0.3, -0.25) is 4.72 Å². The fourth-order valence-electron chi connectivity index (χ4n) is 1.35. The summed E-state index contributed by atoms with van der Waals surface area (Å²) in [6, 6.07) is 2.08. The van der Waals surface area contributed by atoms with Crippen LogP contribution in [-0.4, -0.2) is 22.6 Å². The van der Waals surface area contributed by atoms with Crippen molar-refractivity contribution in [1.29, 1.82) is 0 Å². The molecule has 0 unspecified atom stereocenters. The molecular formula is C10H14Cl2N2O4S2. The van der Waals surface area contributed by atoms with E-state index in [0.29, 0.717) is 12.8 Å². The van der Waals surface area contributed by atoms with Crippen molar-refractivity contribution in [3.8, 4) is 0 Å². The SMILES string of the molecule is CCCCS(=O)(=O)Nc1c(Cl)cc(S(N)(=O)=O)cc1Cl. The third kappa shape index (κ3) is 4.78. The molecule has 0 heterocycles. The summed E-state index contributed by atoms with van der Waals surface area (Å²) in [5.74, 6) is -0.0763. The maximum Gasteiger partial charge on any atom is 0.238 e. The molecule has 0 bridgehead atoms. The summed E-state index contributed by atoms with van der Waals surface area (Å²) in [5.41, 5.74) is -0.0585. The Balaban J connectivity index is 3.16. The summed E-state index contributed by atoms with van der Waals surface area (Å²) < 4.78 is 48.2. The minimum Gasteiger partial charge on any atom is -0.281 e. The molecule has 114 valence electrons. The Hall–Kier alpha value is -0.540. The first kappa shape index (κ1) is 17.5. The van der Waals surface area contributed by atoms with Crippen molar-refractivity contribution in [2.45, 2.75) is 24.7 Å². The van der Waals surface area contributed by atoms with Crippen LogP contribution in [0.15, 0.2) is 17.0 Å². The molecule has 0 amide bonds. The fourth-order valence-corrected chi connectivity index (χ4v) is 4.04. The van der Waals surface area contributed by atoms with Crippen LogP contribution >= 0.6 is 23.2 Å². The third-order valence-electron chi connectivity index (χ3n) is 2.37. The number of sulfonamides is 2. The summed E-state index contributed by atoms with van der Waals surface area (Å²) in [6.45, 7) is 1.86. The van der Waals surface area contributed by atoms with Crippen LogP contribution in [0.3, 0.4) is 0 Å². The van der Waals surface area contributed by atoms with Crippen LogP contribution in [0, 0.1) is 0 Å². The molecule has 0 aliphatic heterocycles. The largest absolute Gasteiger partial charge is 0.281 e. The predicted octanol–water partition coefficient (Wildman–Crippen LogP) is 2.18. The Morgan fingerprint density at radius 3 is 2.05 bits per heavy atom. The molecule has 20 heavy (non-hydrogen) atoms. The highest BCUT2D eigenvalue weighted by molar-refractivity contribution is 7.92. The number of hydrogen-bond donors (Lipinski definition) is 2. The molecule has 1 rings (SSSR count). The van der Waals surface area contributed by atoms with E-state index in [1.165, 1.54) is 0 Å². The predicted molar refractivity (Wildman–Crippen MR) is 80.2 cm³/mol. The van der Waals surface area contributed by atoms with Gasteiger partial charge in [0.1, 0.15) is 0 Å². The summed E-state index contributed by atoms with van der Waals surface area (Å²) in [6.07, 6.45) is 1.20. The highest BCUT2D eigenvalue weighted by atomic mass is 35.5. The molecule has 6 nitrogen and oxygen atoms in total.